The van der Waals surface area contributed by atoms with Gasteiger partial charge < -0.3 is 14.6 Å². The van der Waals surface area contributed by atoms with E-state index >= 15 is 0 Å². The second-order valence-electron chi connectivity index (χ2n) is 5.66. The Labute approximate surface area is 152 Å². The van der Waals surface area contributed by atoms with Crippen LogP contribution in [0.25, 0.3) is 0 Å². The molecule has 0 saturated heterocycles. The van der Waals surface area contributed by atoms with Crippen LogP contribution < -0.4 is 4.74 Å². The van der Waals surface area contributed by atoms with Crippen LogP contribution in [0.1, 0.15) is 37.8 Å². The smallest absolute Gasteiger partial charge is 0.329 e. The molecule has 0 aliphatic heterocycles. The number of aliphatic carboxylic acids is 1. The number of ether oxygens (including phenoxy) is 2. The van der Waals surface area contributed by atoms with Gasteiger partial charge in [-0.25, -0.2) is 13.3 Å². The van der Waals surface area contributed by atoms with E-state index in [0.29, 0.717) is 6.54 Å². The molecular formula is C18H29NO5S. The van der Waals surface area contributed by atoms with Crippen LogP contribution in [0.2, 0.25) is 0 Å². The minimum absolute atomic E-state index is 0.253. The first kappa shape index (κ1) is 21.6. The van der Waals surface area contributed by atoms with Crippen molar-refractivity contribution >= 4 is 17.0 Å². The molecule has 1 atom stereocenters. The van der Waals surface area contributed by atoms with E-state index in [0.717, 1.165) is 34.6 Å². The van der Waals surface area contributed by atoms with Crippen molar-refractivity contribution in [1.82, 2.24) is 4.31 Å². The van der Waals surface area contributed by atoms with E-state index in [1.54, 1.807) is 7.11 Å². The molecule has 0 bridgehead atoms. The van der Waals surface area contributed by atoms with Crippen LogP contribution in [0.5, 0.6) is 5.75 Å². The van der Waals surface area contributed by atoms with Crippen molar-refractivity contribution in [2.45, 2.75) is 51.5 Å². The Morgan fingerprint density at radius 3 is 2.28 bits per heavy atom. The molecule has 1 aliphatic carbocycles. The lowest BCUT2D eigenvalue weighted by molar-refractivity contribution is -0.142. The Morgan fingerprint density at radius 1 is 1.28 bits per heavy atom. The van der Waals surface area contributed by atoms with Gasteiger partial charge in [0.05, 0.1) is 18.6 Å². The summed E-state index contributed by atoms with van der Waals surface area (Å²) in [6, 6.07) is 4.04. The highest BCUT2D eigenvalue weighted by Crippen LogP contribution is 2.33. The maximum Gasteiger partial charge on any atom is 0.329 e. The third-order valence-electron chi connectivity index (χ3n) is 3.69. The number of carboxylic acids is 1. The first-order valence-corrected chi connectivity index (χ1v) is 9.68. The molecule has 142 valence electrons. The quantitative estimate of drug-likeness (QED) is 0.676. The zero-order valence-corrected chi connectivity index (χ0v) is 16.5. The molecule has 7 heteroatoms. The monoisotopic (exact) mass is 371 g/mol. The maximum atomic E-state index is 13.0. The summed E-state index contributed by atoms with van der Waals surface area (Å²) in [5.74, 6) is -0.241. The van der Waals surface area contributed by atoms with E-state index in [-0.39, 0.29) is 19.3 Å². The highest BCUT2D eigenvalue weighted by molar-refractivity contribution is 7.82. The summed E-state index contributed by atoms with van der Waals surface area (Å²) in [4.78, 5) is 11.3. The molecule has 0 radical (unpaired) electrons. The molecule has 1 N–H and O–H groups in total. The number of hydrogen-bond acceptors (Lipinski definition) is 4. The van der Waals surface area contributed by atoms with Gasteiger partial charge in [0, 0.05) is 12.6 Å². The Kier molecular flexibility index (Phi) is 9.10. The molecule has 1 aliphatic rings. The van der Waals surface area contributed by atoms with Gasteiger partial charge in [-0.3, -0.25) is 0 Å². The number of rotatable bonds is 9. The molecule has 0 heterocycles. The lowest BCUT2D eigenvalue weighted by atomic mass is 10.1. The molecule has 6 nitrogen and oxygen atoms in total. The molecule has 0 spiro atoms. The van der Waals surface area contributed by atoms with Gasteiger partial charge in [0.1, 0.15) is 23.3 Å². The fourth-order valence-electron chi connectivity index (χ4n) is 2.50. The highest BCUT2D eigenvalue weighted by atomic mass is 32.2. The summed E-state index contributed by atoms with van der Waals surface area (Å²) in [6.07, 6.45) is 2.03. The fourth-order valence-corrected chi connectivity index (χ4v) is 4.12. The maximum absolute atomic E-state index is 13.0. The van der Waals surface area contributed by atoms with Crippen LogP contribution in [-0.2, 0) is 20.5 Å². The number of carbonyl (C=O) groups is 1. The number of nitrogens with zero attached hydrogens (tertiary/aromatic N) is 1. The van der Waals surface area contributed by atoms with Crippen LogP contribution in [-0.4, -0.2) is 52.5 Å². The SMILES string of the molecule is CC.COc1cc(C)c(S(=O)N(CCOCC(=O)O)C2CC2)c(C)c1. The van der Waals surface area contributed by atoms with Crippen molar-refractivity contribution < 1.29 is 23.6 Å². The summed E-state index contributed by atoms with van der Waals surface area (Å²) in [5, 5.41) is 8.60. The summed E-state index contributed by atoms with van der Waals surface area (Å²) in [7, 11) is 0.326. The van der Waals surface area contributed by atoms with Gasteiger partial charge in [-0.05, 0) is 49.9 Å². The van der Waals surface area contributed by atoms with Crippen LogP contribution in [0.4, 0.5) is 0 Å². The van der Waals surface area contributed by atoms with Gasteiger partial charge >= 0.3 is 5.97 Å². The van der Waals surface area contributed by atoms with E-state index in [1.165, 1.54) is 0 Å². The molecule has 1 aromatic carbocycles. The first-order chi connectivity index (χ1) is 11.9. The average molecular weight is 371 g/mol. The van der Waals surface area contributed by atoms with Gasteiger partial charge in [0.15, 0.2) is 0 Å². The van der Waals surface area contributed by atoms with Crippen molar-refractivity contribution in [2.75, 3.05) is 26.9 Å². The number of benzene rings is 1. The third kappa shape index (κ3) is 6.41. The largest absolute Gasteiger partial charge is 0.497 e. The van der Waals surface area contributed by atoms with E-state index in [2.05, 4.69) is 0 Å². The minimum atomic E-state index is -1.29. The standard InChI is InChI=1S/C16H23NO5S.C2H6/c1-11-8-14(21-3)9-12(2)16(11)23(20)17(13-4-5-13)6-7-22-10-15(18)19;1-2/h8-9,13H,4-7,10H2,1-3H3,(H,18,19);1-2H3. The molecular weight excluding hydrogens is 342 g/mol. The zero-order chi connectivity index (χ0) is 19.0. The van der Waals surface area contributed by atoms with Crippen LogP contribution in [0.3, 0.4) is 0 Å². The second kappa shape index (κ2) is 10.5. The highest BCUT2D eigenvalue weighted by Gasteiger charge is 2.34. The van der Waals surface area contributed by atoms with Crippen molar-refractivity contribution in [3.8, 4) is 5.75 Å². The lowest BCUT2D eigenvalue weighted by Crippen LogP contribution is -2.33. The summed E-state index contributed by atoms with van der Waals surface area (Å²) >= 11 is 0. The van der Waals surface area contributed by atoms with Crippen molar-refractivity contribution in [1.29, 1.82) is 0 Å². The Morgan fingerprint density at radius 2 is 1.84 bits per heavy atom. The molecule has 2 rings (SSSR count). The number of hydrogen-bond donors (Lipinski definition) is 1. The number of carboxylic acid groups (broad SMARTS) is 1. The van der Waals surface area contributed by atoms with Gasteiger partial charge in [-0.15, -0.1) is 0 Å². The molecule has 0 amide bonds. The lowest BCUT2D eigenvalue weighted by Gasteiger charge is -2.23. The van der Waals surface area contributed by atoms with Gasteiger partial charge in [0.2, 0.25) is 0 Å². The first-order valence-electron chi connectivity index (χ1n) is 8.57. The minimum Gasteiger partial charge on any atom is -0.497 e. The predicted molar refractivity (Wildman–Crippen MR) is 98.4 cm³/mol. The fraction of sp³-hybridized carbons (Fsp3) is 0.611. The topological polar surface area (TPSA) is 76.1 Å². The normalized spacial score (nSPS) is 14.6. The zero-order valence-electron chi connectivity index (χ0n) is 15.7. The molecule has 0 aromatic heterocycles. The Bertz CT molecular complexity index is 578. The van der Waals surface area contributed by atoms with E-state index in [1.807, 2.05) is 44.1 Å². The van der Waals surface area contributed by atoms with Crippen molar-refractivity contribution in [3.63, 3.8) is 0 Å². The van der Waals surface area contributed by atoms with Gasteiger partial charge in [0.25, 0.3) is 0 Å². The summed E-state index contributed by atoms with van der Waals surface area (Å²) in [5.41, 5.74) is 1.86. The average Bonchev–Trinajstić information content (AvgIpc) is 3.40. The van der Waals surface area contributed by atoms with Crippen LogP contribution in [0, 0.1) is 13.8 Å². The number of aryl methyl sites for hydroxylation is 2. The molecule has 1 saturated carbocycles. The van der Waals surface area contributed by atoms with E-state index in [9.17, 15) is 9.00 Å². The van der Waals surface area contributed by atoms with E-state index < -0.39 is 17.0 Å². The Hall–Kier alpha value is -1.44. The van der Waals surface area contributed by atoms with Crippen LogP contribution in [0.15, 0.2) is 17.0 Å². The van der Waals surface area contributed by atoms with Crippen molar-refractivity contribution in [2.24, 2.45) is 0 Å². The van der Waals surface area contributed by atoms with Crippen molar-refractivity contribution in [3.05, 3.63) is 23.3 Å². The van der Waals surface area contributed by atoms with Crippen LogP contribution >= 0.6 is 0 Å². The number of methoxy groups -OCH3 is 1. The Balaban J connectivity index is 0.00000151. The molecule has 25 heavy (non-hydrogen) atoms. The third-order valence-corrected chi connectivity index (χ3v) is 5.59. The van der Waals surface area contributed by atoms with E-state index in [4.69, 9.17) is 14.6 Å². The molecule has 1 aromatic rings. The van der Waals surface area contributed by atoms with Gasteiger partial charge in [-0.1, -0.05) is 13.8 Å². The summed E-state index contributed by atoms with van der Waals surface area (Å²) < 4.78 is 25.3. The molecule has 1 unspecified atom stereocenters. The molecule has 1 fully saturated rings. The van der Waals surface area contributed by atoms with Gasteiger partial charge in [-0.2, -0.15) is 0 Å². The predicted octanol–water partition coefficient (Wildman–Crippen LogP) is 2.93. The summed E-state index contributed by atoms with van der Waals surface area (Å²) in [6.45, 7) is 8.23. The second-order valence-corrected chi connectivity index (χ2v) is 7.03.